The van der Waals surface area contributed by atoms with Crippen molar-refractivity contribution in [1.29, 1.82) is 0 Å². The third kappa shape index (κ3) is 3.46. The first-order chi connectivity index (χ1) is 14.2. The molecule has 0 bridgehead atoms. The van der Waals surface area contributed by atoms with Gasteiger partial charge in [0.05, 0.1) is 16.8 Å². The number of aromatic nitrogens is 1. The second-order valence-corrected chi connectivity index (χ2v) is 7.84. The Morgan fingerprint density at radius 3 is 2.31 bits per heavy atom. The molecule has 1 aromatic heterocycles. The van der Waals surface area contributed by atoms with Gasteiger partial charge in [0.25, 0.3) is 11.8 Å². The van der Waals surface area contributed by atoms with Crippen molar-refractivity contribution in [3.8, 4) is 11.5 Å². The van der Waals surface area contributed by atoms with Gasteiger partial charge in [-0.05, 0) is 62.5 Å². The summed E-state index contributed by atoms with van der Waals surface area (Å²) in [5.41, 5.74) is 1.94. The zero-order valence-electron chi connectivity index (χ0n) is 16.2. The molecular weight excluding hydrogens is 370 g/mol. The molecule has 7 nitrogen and oxygen atoms in total. The Balaban J connectivity index is 1.15. The molecular formula is C22H23N3O4. The number of rotatable bonds is 5. The van der Waals surface area contributed by atoms with E-state index in [-0.39, 0.29) is 18.6 Å². The second kappa shape index (κ2) is 7.48. The number of benzene rings is 1. The molecule has 0 unspecified atom stereocenters. The normalized spacial score (nSPS) is 19.1. The lowest BCUT2D eigenvalue weighted by atomic mass is 9.93. The predicted octanol–water partition coefficient (Wildman–Crippen LogP) is 2.71. The van der Waals surface area contributed by atoms with Crippen LogP contribution in [0.15, 0.2) is 36.5 Å². The van der Waals surface area contributed by atoms with E-state index in [1.165, 1.54) is 4.90 Å². The van der Waals surface area contributed by atoms with Crippen molar-refractivity contribution < 1.29 is 19.1 Å². The van der Waals surface area contributed by atoms with Crippen molar-refractivity contribution in [2.24, 2.45) is 5.92 Å². The number of ether oxygens (including phenoxy) is 2. The maximum absolute atomic E-state index is 12.7. The van der Waals surface area contributed by atoms with Gasteiger partial charge >= 0.3 is 0 Å². The van der Waals surface area contributed by atoms with Crippen LogP contribution in [0.1, 0.15) is 45.7 Å². The molecule has 4 heterocycles. The monoisotopic (exact) mass is 393 g/mol. The van der Waals surface area contributed by atoms with Crippen LogP contribution in [-0.2, 0) is 6.54 Å². The minimum atomic E-state index is -0.226. The van der Waals surface area contributed by atoms with Crippen molar-refractivity contribution >= 4 is 11.8 Å². The van der Waals surface area contributed by atoms with Crippen LogP contribution in [0.25, 0.3) is 0 Å². The molecule has 0 radical (unpaired) electrons. The third-order valence-corrected chi connectivity index (χ3v) is 6.04. The van der Waals surface area contributed by atoms with E-state index in [4.69, 9.17) is 9.47 Å². The largest absolute Gasteiger partial charge is 0.454 e. The highest BCUT2D eigenvalue weighted by Gasteiger charge is 2.38. The fraction of sp³-hybridized carbons (Fsp3) is 0.409. The van der Waals surface area contributed by atoms with E-state index in [0.29, 0.717) is 35.1 Å². The molecule has 5 rings (SSSR count). The predicted molar refractivity (Wildman–Crippen MR) is 105 cm³/mol. The number of likely N-dealkylation sites (tertiary alicyclic amines) is 1. The number of hydrogen-bond acceptors (Lipinski definition) is 6. The van der Waals surface area contributed by atoms with Crippen LogP contribution in [0.2, 0.25) is 0 Å². The van der Waals surface area contributed by atoms with E-state index in [2.05, 4.69) is 16.0 Å². The first-order valence-corrected chi connectivity index (χ1v) is 10.1. The fourth-order valence-electron chi connectivity index (χ4n) is 4.35. The van der Waals surface area contributed by atoms with E-state index in [1.807, 2.05) is 18.3 Å². The summed E-state index contributed by atoms with van der Waals surface area (Å²) in [6.45, 7) is 3.50. The van der Waals surface area contributed by atoms with Gasteiger partial charge in [0.2, 0.25) is 6.79 Å². The smallest absolute Gasteiger partial charge is 0.261 e. The lowest BCUT2D eigenvalue weighted by Crippen LogP contribution is -2.36. The highest BCUT2D eigenvalue weighted by atomic mass is 16.7. The molecule has 1 saturated heterocycles. The summed E-state index contributed by atoms with van der Waals surface area (Å²) >= 11 is 0. The van der Waals surface area contributed by atoms with Gasteiger partial charge in [0.15, 0.2) is 11.5 Å². The minimum Gasteiger partial charge on any atom is -0.454 e. The van der Waals surface area contributed by atoms with Gasteiger partial charge in [-0.2, -0.15) is 0 Å². The highest BCUT2D eigenvalue weighted by molar-refractivity contribution is 6.21. The number of carbonyl (C=O) groups is 2. The van der Waals surface area contributed by atoms with Crippen LogP contribution >= 0.6 is 0 Å². The number of amides is 2. The first-order valence-electron chi connectivity index (χ1n) is 10.1. The lowest BCUT2D eigenvalue weighted by Gasteiger charge is -2.32. The number of nitrogens with zero attached hydrogens (tertiary/aromatic N) is 3. The van der Waals surface area contributed by atoms with Gasteiger partial charge in [-0.15, -0.1) is 0 Å². The Bertz CT molecular complexity index is 896. The molecule has 7 heteroatoms. The summed E-state index contributed by atoms with van der Waals surface area (Å²) in [6.07, 6.45) is 4.82. The number of hydrogen-bond donors (Lipinski definition) is 0. The Morgan fingerprint density at radius 1 is 1.00 bits per heavy atom. The summed E-state index contributed by atoms with van der Waals surface area (Å²) in [5, 5.41) is 0. The minimum absolute atomic E-state index is 0.128. The van der Waals surface area contributed by atoms with Crippen molar-refractivity contribution in [3.63, 3.8) is 0 Å². The second-order valence-electron chi connectivity index (χ2n) is 7.84. The maximum atomic E-state index is 12.7. The maximum Gasteiger partial charge on any atom is 0.261 e. The van der Waals surface area contributed by atoms with Gasteiger partial charge in [-0.3, -0.25) is 24.4 Å². The van der Waals surface area contributed by atoms with Crippen LogP contribution in [0.4, 0.5) is 0 Å². The van der Waals surface area contributed by atoms with Gasteiger partial charge in [0.1, 0.15) is 0 Å². The molecule has 0 spiro atoms. The molecule has 0 N–H and O–H groups in total. The molecule has 29 heavy (non-hydrogen) atoms. The quantitative estimate of drug-likeness (QED) is 0.728. The average Bonchev–Trinajstić information content (AvgIpc) is 3.30. The Morgan fingerprint density at radius 2 is 1.69 bits per heavy atom. The van der Waals surface area contributed by atoms with E-state index in [0.717, 1.165) is 44.6 Å². The van der Waals surface area contributed by atoms with E-state index in [9.17, 15) is 9.59 Å². The standard InChI is InChI=1S/C22H23N3O4/c26-21-17-11-19-20(29-14-28-19)12-18(17)22(27)25(21)10-6-15-4-8-24(9-5-15)13-16-3-1-2-7-23-16/h1-3,7,11-12,15H,4-6,8-10,13-14H2. The van der Waals surface area contributed by atoms with Crippen LogP contribution < -0.4 is 9.47 Å². The molecule has 0 atom stereocenters. The summed E-state index contributed by atoms with van der Waals surface area (Å²) < 4.78 is 10.7. The Hall–Kier alpha value is -2.93. The summed E-state index contributed by atoms with van der Waals surface area (Å²) in [6, 6.07) is 9.27. The zero-order chi connectivity index (χ0) is 19.8. The lowest BCUT2D eigenvalue weighted by molar-refractivity contribution is 0.0635. The SMILES string of the molecule is O=C1c2cc3c(cc2C(=O)N1CCC1CCN(Cc2ccccn2)CC1)OCO3. The molecule has 0 aliphatic carbocycles. The molecule has 2 aromatic rings. The fourth-order valence-corrected chi connectivity index (χ4v) is 4.35. The molecule has 1 fully saturated rings. The van der Waals surface area contributed by atoms with Crippen LogP contribution in [-0.4, -0.2) is 53.0 Å². The van der Waals surface area contributed by atoms with E-state index >= 15 is 0 Å². The van der Waals surface area contributed by atoms with Gasteiger partial charge in [-0.25, -0.2) is 0 Å². The van der Waals surface area contributed by atoms with Crippen molar-refractivity contribution in [3.05, 3.63) is 53.3 Å². The molecule has 1 aromatic carbocycles. The number of pyridine rings is 1. The van der Waals surface area contributed by atoms with Crippen molar-refractivity contribution in [2.75, 3.05) is 26.4 Å². The summed E-state index contributed by atoms with van der Waals surface area (Å²) in [5.74, 6) is 1.14. The van der Waals surface area contributed by atoms with Crippen LogP contribution in [0, 0.1) is 5.92 Å². The molecule has 0 saturated carbocycles. The molecule has 2 amide bonds. The topological polar surface area (TPSA) is 72.0 Å². The number of carbonyl (C=O) groups excluding carboxylic acids is 2. The molecule has 3 aliphatic rings. The number of fused-ring (bicyclic) bond motifs is 2. The van der Waals surface area contributed by atoms with E-state index in [1.54, 1.807) is 12.1 Å². The average molecular weight is 393 g/mol. The van der Waals surface area contributed by atoms with Gasteiger partial charge in [-0.1, -0.05) is 6.07 Å². The van der Waals surface area contributed by atoms with Gasteiger partial charge < -0.3 is 9.47 Å². The Kier molecular flexibility index (Phi) is 4.67. The molecule has 3 aliphatic heterocycles. The third-order valence-electron chi connectivity index (χ3n) is 6.04. The van der Waals surface area contributed by atoms with Crippen LogP contribution in [0.5, 0.6) is 11.5 Å². The number of piperidine rings is 1. The van der Waals surface area contributed by atoms with Crippen LogP contribution in [0.3, 0.4) is 0 Å². The zero-order valence-corrected chi connectivity index (χ0v) is 16.2. The van der Waals surface area contributed by atoms with E-state index < -0.39 is 0 Å². The molecule has 150 valence electrons. The highest BCUT2D eigenvalue weighted by Crippen LogP contribution is 2.38. The van der Waals surface area contributed by atoms with Crippen molar-refractivity contribution in [1.82, 2.24) is 14.8 Å². The van der Waals surface area contributed by atoms with Gasteiger partial charge in [0, 0.05) is 19.3 Å². The Labute approximate surface area is 169 Å². The summed E-state index contributed by atoms with van der Waals surface area (Å²) in [7, 11) is 0. The first kappa shape index (κ1) is 18.1. The number of imide groups is 1. The van der Waals surface area contributed by atoms with Crippen molar-refractivity contribution in [2.45, 2.75) is 25.8 Å². The summed E-state index contributed by atoms with van der Waals surface area (Å²) in [4.78, 5) is 33.6.